The van der Waals surface area contributed by atoms with Gasteiger partial charge in [-0.1, -0.05) is 13.8 Å². The van der Waals surface area contributed by atoms with Crippen LogP contribution in [0.3, 0.4) is 0 Å². The number of anilines is 1. The van der Waals surface area contributed by atoms with Crippen molar-refractivity contribution in [2.75, 3.05) is 18.5 Å². The Morgan fingerprint density at radius 3 is 2.75 bits per heavy atom. The Bertz CT molecular complexity index is 680. The van der Waals surface area contributed by atoms with E-state index in [1.807, 2.05) is 13.8 Å². The third-order valence-corrected chi connectivity index (χ3v) is 4.71. The number of rotatable bonds is 5. The number of carbonyl (C=O) groups excluding carboxylic acids is 3. The summed E-state index contributed by atoms with van der Waals surface area (Å²) >= 11 is 0. The fourth-order valence-corrected chi connectivity index (χ4v) is 2.98. The first-order valence-corrected chi connectivity index (χ1v) is 8.44. The van der Waals surface area contributed by atoms with E-state index in [0.29, 0.717) is 30.0 Å². The van der Waals surface area contributed by atoms with Crippen molar-refractivity contribution in [2.24, 2.45) is 5.92 Å². The van der Waals surface area contributed by atoms with E-state index in [2.05, 4.69) is 5.32 Å². The van der Waals surface area contributed by atoms with Crippen molar-refractivity contribution in [3.05, 3.63) is 29.3 Å². The van der Waals surface area contributed by atoms with E-state index >= 15 is 0 Å². The number of imide groups is 1. The second-order valence-electron chi connectivity index (χ2n) is 6.41. The lowest BCUT2D eigenvalue weighted by molar-refractivity contribution is -0.119. The number of nitrogens with zero attached hydrogens (tertiary/aromatic N) is 1. The molecule has 1 fully saturated rings. The van der Waals surface area contributed by atoms with E-state index in [4.69, 9.17) is 4.74 Å². The smallest absolute Gasteiger partial charge is 0.261 e. The van der Waals surface area contributed by atoms with Crippen LogP contribution >= 0.6 is 0 Å². The molecule has 0 aliphatic carbocycles. The minimum atomic E-state index is -0.315. The first-order valence-electron chi connectivity index (χ1n) is 8.44. The van der Waals surface area contributed by atoms with Gasteiger partial charge in [0.05, 0.1) is 23.8 Å². The lowest BCUT2D eigenvalue weighted by Crippen LogP contribution is -2.36. The van der Waals surface area contributed by atoms with Crippen LogP contribution in [0.15, 0.2) is 18.2 Å². The molecule has 0 aromatic heterocycles. The van der Waals surface area contributed by atoms with E-state index in [1.165, 1.54) is 4.90 Å². The molecule has 1 saturated heterocycles. The fourth-order valence-electron chi connectivity index (χ4n) is 2.98. The highest BCUT2D eigenvalue weighted by atomic mass is 16.5. The van der Waals surface area contributed by atoms with Crippen LogP contribution in [0, 0.1) is 5.92 Å². The van der Waals surface area contributed by atoms with Gasteiger partial charge in [0.1, 0.15) is 0 Å². The van der Waals surface area contributed by atoms with Crippen molar-refractivity contribution < 1.29 is 19.1 Å². The van der Waals surface area contributed by atoms with Crippen molar-refractivity contribution >= 4 is 23.4 Å². The molecular weight excluding hydrogens is 308 g/mol. The Morgan fingerprint density at radius 1 is 1.33 bits per heavy atom. The molecule has 0 spiro atoms. The van der Waals surface area contributed by atoms with Gasteiger partial charge in [-0.2, -0.15) is 0 Å². The quantitative estimate of drug-likeness (QED) is 0.842. The van der Waals surface area contributed by atoms with Gasteiger partial charge >= 0.3 is 0 Å². The van der Waals surface area contributed by atoms with Crippen LogP contribution in [0.4, 0.5) is 5.69 Å². The molecular formula is C18H22N2O4. The van der Waals surface area contributed by atoms with Gasteiger partial charge in [0.2, 0.25) is 5.91 Å². The first-order chi connectivity index (χ1) is 11.5. The number of nitrogens with one attached hydrogen (secondary N) is 1. The highest BCUT2D eigenvalue weighted by Gasteiger charge is 2.37. The first kappa shape index (κ1) is 16.6. The van der Waals surface area contributed by atoms with Crippen molar-refractivity contribution in [2.45, 2.75) is 39.2 Å². The Labute approximate surface area is 141 Å². The van der Waals surface area contributed by atoms with E-state index in [-0.39, 0.29) is 29.7 Å². The highest BCUT2D eigenvalue weighted by Crippen LogP contribution is 2.27. The summed E-state index contributed by atoms with van der Waals surface area (Å²) in [6.07, 6.45) is 2.49. The lowest BCUT2D eigenvalue weighted by Gasteiger charge is -2.17. The van der Waals surface area contributed by atoms with Crippen molar-refractivity contribution in [1.29, 1.82) is 0 Å². The third kappa shape index (κ3) is 3.06. The molecule has 0 saturated carbocycles. The number of amides is 3. The molecule has 3 amide bonds. The van der Waals surface area contributed by atoms with Gasteiger partial charge in [-0.15, -0.1) is 0 Å². The monoisotopic (exact) mass is 330 g/mol. The van der Waals surface area contributed by atoms with Crippen molar-refractivity contribution in [3.63, 3.8) is 0 Å². The normalized spacial score (nSPS) is 21.1. The highest BCUT2D eigenvalue weighted by molar-refractivity contribution is 6.21. The van der Waals surface area contributed by atoms with Crippen LogP contribution in [-0.2, 0) is 9.53 Å². The molecule has 6 nitrogen and oxygen atoms in total. The zero-order valence-corrected chi connectivity index (χ0v) is 14.0. The van der Waals surface area contributed by atoms with Crippen LogP contribution in [0.5, 0.6) is 0 Å². The minimum absolute atomic E-state index is 0.0724. The molecule has 1 aromatic carbocycles. The Morgan fingerprint density at radius 2 is 2.08 bits per heavy atom. The van der Waals surface area contributed by atoms with E-state index < -0.39 is 0 Å². The molecule has 3 rings (SSSR count). The fraction of sp³-hybridized carbons (Fsp3) is 0.500. The van der Waals surface area contributed by atoms with Crippen molar-refractivity contribution in [1.82, 2.24) is 4.90 Å². The van der Waals surface area contributed by atoms with Gasteiger partial charge in [0.25, 0.3) is 11.8 Å². The summed E-state index contributed by atoms with van der Waals surface area (Å²) in [5.41, 5.74) is 1.28. The molecule has 0 radical (unpaired) electrons. The topological polar surface area (TPSA) is 75.7 Å². The van der Waals surface area contributed by atoms with E-state index in [9.17, 15) is 14.4 Å². The zero-order chi connectivity index (χ0) is 17.3. The summed E-state index contributed by atoms with van der Waals surface area (Å²) in [5, 5.41) is 2.80. The van der Waals surface area contributed by atoms with Gasteiger partial charge in [-0.25, -0.2) is 0 Å². The van der Waals surface area contributed by atoms with Gasteiger partial charge in [0, 0.05) is 18.2 Å². The summed E-state index contributed by atoms with van der Waals surface area (Å²) in [4.78, 5) is 38.2. The Kier molecular flexibility index (Phi) is 4.66. The predicted molar refractivity (Wildman–Crippen MR) is 88.9 cm³/mol. The predicted octanol–water partition coefficient (Wildman–Crippen LogP) is 2.45. The molecule has 6 heteroatoms. The molecule has 2 atom stereocenters. The minimum Gasteiger partial charge on any atom is -0.376 e. The van der Waals surface area contributed by atoms with Crippen LogP contribution in [-0.4, -0.2) is 41.9 Å². The van der Waals surface area contributed by atoms with Gasteiger partial charge < -0.3 is 10.1 Å². The SMILES string of the molecule is CC[C@@H](C)C(=O)Nc1ccc2c(c1)C(=O)N(C[C@H]1CCCO1)C2=O. The van der Waals surface area contributed by atoms with Crippen molar-refractivity contribution in [3.8, 4) is 0 Å². The molecule has 128 valence electrons. The average molecular weight is 330 g/mol. The van der Waals surface area contributed by atoms with Gasteiger partial charge in [-0.3, -0.25) is 19.3 Å². The lowest BCUT2D eigenvalue weighted by atomic mass is 10.1. The second-order valence-corrected chi connectivity index (χ2v) is 6.41. The summed E-state index contributed by atoms with van der Waals surface area (Å²) in [6, 6.07) is 4.86. The number of carbonyl (C=O) groups is 3. The maximum Gasteiger partial charge on any atom is 0.261 e. The van der Waals surface area contributed by atoms with Crippen LogP contribution in [0.2, 0.25) is 0 Å². The average Bonchev–Trinajstić information content (AvgIpc) is 3.17. The van der Waals surface area contributed by atoms with Crippen LogP contribution in [0.1, 0.15) is 53.8 Å². The number of benzene rings is 1. The largest absolute Gasteiger partial charge is 0.376 e. The summed E-state index contributed by atoms with van der Waals surface area (Å²) < 4.78 is 5.52. The maximum absolute atomic E-state index is 12.6. The number of hydrogen-bond acceptors (Lipinski definition) is 4. The molecule has 0 bridgehead atoms. The standard InChI is InChI=1S/C18H22N2O4/c1-3-11(2)16(21)19-12-6-7-14-15(9-12)18(23)20(17(14)22)10-13-5-4-8-24-13/h6-7,9,11,13H,3-5,8,10H2,1-2H3,(H,19,21)/t11-,13-/m1/s1. The molecule has 1 aromatic rings. The maximum atomic E-state index is 12.6. The summed E-state index contributed by atoms with van der Waals surface area (Å²) in [6.45, 7) is 4.76. The number of ether oxygens (including phenoxy) is 1. The van der Waals surface area contributed by atoms with Crippen LogP contribution < -0.4 is 5.32 Å². The molecule has 0 unspecified atom stereocenters. The molecule has 2 aliphatic heterocycles. The number of hydrogen-bond donors (Lipinski definition) is 1. The van der Waals surface area contributed by atoms with Gasteiger partial charge in [0.15, 0.2) is 0 Å². The third-order valence-electron chi connectivity index (χ3n) is 4.71. The number of fused-ring (bicyclic) bond motifs is 1. The Balaban J connectivity index is 1.77. The van der Waals surface area contributed by atoms with E-state index in [1.54, 1.807) is 18.2 Å². The molecule has 2 aliphatic rings. The van der Waals surface area contributed by atoms with Gasteiger partial charge in [-0.05, 0) is 37.5 Å². The molecule has 1 N–H and O–H groups in total. The Hall–Kier alpha value is -2.21. The van der Waals surface area contributed by atoms with Crippen LogP contribution in [0.25, 0.3) is 0 Å². The molecule has 24 heavy (non-hydrogen) atoms. The summed E-state index contributed by atoms with van der Waals surface area (Å²) in [5.74, 6) is -0.799. The second kappa shape index (κ2) is 6.73. The summed E-state index contributed by atoms with van der Waals surface area (Å²) in [7, 11) is 0. The van der Waals surface area contributed by atoms with E-state index in [0.717, 1.165) is 19.3 Å². The molecule has 2 heterocycles. The zero-order valence-electron chi connectivity index (χ0n) is 14.0.